The van der Waals surface area contributed by atoms with Crippen LogP contribution in [-0.2, 0) is 15.6 Å². The third-order valence-corrected chi connectivity index (χ3v) is 3.92. The normalized spacial score (nSPS) is 11.7. The van der Waals surface area contributed by atoms with Crippen LogP contribution in [0.2, 0.25) is 0 Å². The Bertz CT molecular complexity index is 667. The summed E-state index contributed by atoms with van der Waals surface area (Å²) in [6.45, 7) is 0.253. The van der Waals surface area contributed by atoms with E-state index in [4.69, 9.17) is 10.7 Å². The first kappa shape index (κ1) is 13.5. The highest BCUT2D eigenvalue weighted by atomic mass is 79.9. The predicted molar refractivity (Wildman–Crippen MR) is 68.5 cm³/mol. The van der Waals surface area contributed by atoms with Gasteiger partial charge in [-0.15, -0.1) is 0 Å². The van der Waals surface area contributed by atoms with Crippen molar-refractivity contribution in [3.8, 4) is 0 Å². The van der Waals surface area contributed by atoms with Crippen molar-refractivity contribution >= 4 is 35.7 Å². The number of aromatic nitrogens is 2. The molecule has 2 rings (SSSR count). The van der Waals surface area contributed by atoms with Gasteiger partial charge in [-0.1, -0.05) is 15.9 Å². The lowest BCUT2D eigenvalue weighted by atomic mass is 10.2. The molecule has 96 valence electrons. The standard InChI is InChI=1S/C10H7BrClFN2O2S/c11-8-1-7(2-9(13)3-8)5-15-6-10(4-14-15)18(12,16)17/h1-4,6H,5H2. The Kier molecular flexibility index (Phi) is 3.74. The van der Waals surface area contributed by atoms with Crippen molar-refractivity contribution in [2.45, 2.75) is 11.4 Å². The summed E-state index contributed by atoms with van der Waals surface area (Å²) >= 11 is 3.18. The third-order valence-electron chi connectivity index (χ3n) is 2.16. The topological polar surface area (TPSA) is 52.0 Å². The lowest BCUT2D eigenvalue weighted by Gasteiger charge is -2.03. The number of hydrogen-bond donors (Lipinski definition) is 0. The Labute approximate surface area is 116 Å². The third kappa shape index (κ3) is 3.30. The van der Waals surface area contributed by atoms with Gasteiger partial charge in [-0.25, -0.2) is 12.8 Å². The predicted octanol–water partition coefficient (Wildman–Crippen LogP) is 2.76. The van der Waals surface area contributed by atoms with Crippen LogP contribution in [0.25, 0.3) is 0 Å². The molecular formula is C10H7BrClFN2O2S. The van der Waals surface area contributed by atoms with E-state index in [9.17, 15) is 12.8 Å². The van der Waals surface area contributed by atoms with E-state index in [1.165, 1.54) is 23.0 Å². The Morgan fingerprint density at radius 2 is 2.11 bits per heavy atom. The second-order valence-corrected chi connectivity index (χ2v) is 7.07. The van der Waals surface area contributed by atoms with Gasteiger partial charge in [0.2, 0.25) is 0 Å². The van der Waals surface area contributed by atoms with Gasteiger partial charge in [-0.2, -0.15) is 5.10 Å². The van der Waals surface area contributed by atoms with Crippen molar-refractivity contribution < 1.29 is 12.8 Å². The molecule has 0 saturated carbocycles. The zero-order valence-electron chi connectivity index (χ0n) is 8.85. The van der Waals surface area contributed by atoms with E-state index in [-0.39, 0.29) is 17.3 Å². The molecule has 0 atom stereocenters. The van der Waals surface area contributed by atoms with E-state index >= 15 is 0 Å². The van der Waals surface area contributed by atoms with Crippen LogP contribution in [0.15, 0.2) is 40.0 Å². The summed E-state index contributed by atoms with van der Waals surface area (Å²) in [6.07, 6.45) is 2.44. The molecule has 0 aliphatic heterocycles. The molecule has 1 aromatic carbocycles. The fourth-order valence-corrected chi connectivity index (χ4v) is 2.62. The summed E-state index contributed by atoms with van der Waals surface area (Å²) in [5.41, 5.74) is 0.656. The van der Waals surface area contributed by atoms with Crippen LogP contribution in [0, 0.1) is 5.82 Å². The van der Waals surface area contributed by atoms with Crippen molar-refractivity contribution in [2.24, 2.45) is 0 Å². The van der Waals surface area contributed by atoms with Gasteiger partial charge in [-0.05, 0) is 23.8 Å². The molecule has 0 spiro atoms. The van der Waals surface area contributed by atoms with Gasteiger partial charge in [-0.3, -0.25) is 4.68 Å². The maximum atomic E-state index is 13.1. The Hall–Kier alpha value is -0.920. The number of nitrogens with zero attached hydrogens (tertiary/aromatic N) is 2. The van der Waals surface area contributed by atoms with E-state index in [1.54, 1.807) is 6.07 Å². The van der Waals surface area contributed by atoms with E-state index < -0.39 is 9.05 Å². The summed E-state index contributed by atoms with van der Waals surface area (Å²) in [5, 5.41) is 3.85. The molecule has 2 aromatic rings. The highest BCUT2D eigenvalue weighted by molar-refractivity contribution is 9.10. The lowest BCUT2D eigenvalue weighted by Crippen LogP contribution is -2.00. The largest absolute Gasteiger partial charge is 0.267 e. The zero-order chi connectivity index (χ0) is 13.3. The fourth-order valence-electron chi connectivity index (χ4n) is 1.45. The summed E-state index contributed by atoms with van der Waals surface area (Å²) in [4.78, 5) is -0.0837. The summed E-state index contributed by atoms with van der Waals surface area (Å²) in [7, 11) is 1.39. The Morgan fingerprint density at radius 3 is 2.67 bits per heavy atom. The van der Waals surface area contributed by atoms with Crippen molar-refractivity contribution in [2.75, 3.05) is 0 Å². The molecule has 0 saturated heterocycles. The molecule has 1 aromatic heterocycles. The van der Waals surface area contributed by atoms with Crippen LogP contribution < -0.4 is 0 Å². The van der Waals surface area contributed by atoms with Gasteiger partial charge in [0.1, 0.15) is 10.7 Å². The van der Waals surface area contributed by atoms with Crippen LogP contribution in [0.3, 0.4) is 0 Å². The molecule has 1 heterocycles. The molecule has 0 radical (unpaired) electrons. The van der Waals surface area contributed by atoms with Crippen LogP contribution in [-0.4, -0.2) is 18.2 Å². The van der Waals surface area contributed by atoms with Gasteiger partial charge in [0.25, 0.3) is 9.05 Å². The van der Waals surface area contributed by atoms with E-state index in [1.807, 2.05) is 0 Å². The Balaban J connectivity index is 2.27. The minimum atomic E-state index is -3.79. The first-order chi connectivity index (χ1) is 8.34. The van der Waals surface area contributed by atoms with E-state index in [2.05, 4.69) is 21.0 Å². The molecule has 0 aliphatic rings. The highest BCUT2D eigenvalue weighted by Gasteiger charge is 2.12. The highest BCUT2D eigenvalue weighted by Crippen LogP contribution is 2.17. The summed E-state index contributed by atoms with van der Waals surface area (Å²) in [5.74, 6) is -0.378. The molecule has 0 aliphatic carbocycles. The average molecular weight is 354 g/mol. The van der Waals surface area contributed by atoms with Gasteiger partial charge in [0.15, 0.2) is 0 Å². The fraction of sp³-hybridized carbons (Fsp3) is 0.100. The zero-order valence-corrected chi connectivity index (χ0v) is 12.0. The number of benzene rings is 1. The minimum Gasteiger partial charge on any atom is -0.267 e. The molecule has 18 heavy (non-hydrogen) atoms. The average Bonchev–Trinajstić information content (AvgIpc) is 2.63. The molecule has 8 heteroatoms. The SMILES string of the molecule is O=S(=O)(Cl)c1cnn(Cc2cc(F)cc(Br)c2)c1. The maximum Gasteiger partial charge on any atom is 0.264 e. The first-order valence-corrected chi connectivity index (χ1v) is 7.87. The number of halogens is 3. The van der Waals surface area contributed by atoms with Gasteiger partial charge in [0.05, 0.1) is 12.7 Å². The Morgan fingerprint density at radius 1 is 1.39 bits per heavy atom. The summed E-state index contributed by atoms with van der Waals surface area (Å²) in [6, 6.07) is 4.40. The monoisotopic (exact) mass is 352 g/mol. The van der Waals surface area contributed by atoms with Gasteiger partial charge in [0, 0.05) is 21.4 Å². The summed E-state index contributed by atoms with van der Waals surface area (Å²) < 4.78 is 37.2. The lowest BCUT2D eigenvalue weighted by molar-refractivity contribution is 0.608. The van der Waals surface area contributed by atoms with Crippen LogP contribution >= 0.6 is 26.6 Å². The number of rotatable bonds is 3. The van der Waals surface area contributed by atoms with Crippen LogP contribution in [0.1, 0.15) is 5.56 Å². The van der Waals surface area contributed by atoms with E-state index in [0.717, 1.165) is 6.20 Å². The van der Waals surface area contributed by atoms with E-state index in [0.29, 0.717) is 10.0 Å². The molecule has 0 unspecified atom stereocenters. The molecule has 0 bridgehead atoms. The van der Waals surface area contributed by atoms with Gasteiger partial charge >= 0.3 is 0 Å². The maximum absolute atomic E-state index is 13.1. The molecule has 4 nitrogen and oxygen atoms in total. The van der Waals surface area contributed by atoms with Crippen molar-refractivity contribution in [1.82, 2.24) is 9.78 Å². The minimum absolute atomic E-state index is 0.0837. The van der Waals surface area contributed by atoms with Crippen LogP contribution in [0.5, 0.6) is 0 Å². The quantitative estimate of drug-likeness (QED) is 0.797. The van der Waals surface area contributed by atoms with Crippen molar-refractivity contribution in [3.05, 3.63) is 46.4 Å². The smallest absolute Gasteiger partial charge is 0.264 e. The van der Waals surface area contributed by atoms with Crippen molar-refractivity contribution in [3.63, 3.8) is 0 Å². The first-order valence-electron chi connectivity index (χ1n) is 4.77. The molecule has 0 N–H and O–H groups in total. The second-order valence-electron chi connectivity index (χ2n) is 3.59. The second kappa shape index (κ2) is 4.99. The number of hydrogen-bond acceptors (Lipinski definition) is 3. The van der Waals surface area contributed by atoms with Crippen LogP contribution in [0.4, 0.5) is 4.39 Å². The molecule has 0 amide bonds. The molecule has 0 fully saturated rings. The molecular weight excluding hydrogens is 347 g/mol. The van der Waals surface area contributed by atoms with Gasteiger partial charge < -0.3 is 0 Å². The van der Waals surface area contributed by atoms with Crippen molar-refractivity contribution in [1.29, 1.82) is 0 Å².